The number of hydrogen-bond acceptors (Lipinski definition) is 4. The number of aromatic nitrogens is 5. The van der Waals surface area contributed by atoms with Crippen LogP contribution >= 0.6 is 0 Å². The molecular formula is C21H20N6O. The van der Waals surface area contributed by atoms with Crippen LogP contribution in [0.15, 0.2) is 67.4 Å². The summed E-state index contributed by atoms with van der Waals surface area (Å²) in [6.07, 6.45) is 8.86. The number of benzene rings is 1. The van der Waals surface area contributed by atoms with Gasteiger partial charge in [-0.2, -0.15) is 10.2 Å². The maximum absolute atomic E-state index is 12.6. The van der Waals surface area contributed by atoms with Gasteiger partial charge in [0.15, 0.2) is 0 Å². The van der Waals surface area contributed by atoms with Crippen molar-refractivity contribution in [1.82, 2.24) is 29.9 Å². The fourth-order valence-corrected chi connectivity index (χ4v) is 3.05. The standard InChI is InChI=1S/C21H20N6O/c1-15-20(13-25-27(15)19-6-4-3-5-7-19)21(28)23-10-16-8-17(11-22-9-16)18-12-24-26(2)14-18/h3-9,11-14H,10H2,1-2H3,(H,23,28). The molecule has 140 valence electrons. The average molecular weight is 372 g/mol. The molecule has 0 aliphatic heterocycles. The summed E-state index contributed by atoms with van der Waals surface area (Å²) in [7, 11) is 1.87. The van der Waals surface area contributed by atoms with E-state index in [1.54, 1.807) is 34.2 Å². The van der Waals surface area contributed by atoms with Gasteiger partial charge in [0.2, 0.25) is 0 Å². The van der Waals surface area contributed by atoms with E-state index in [2.05, 4.69) is 20.5 Å². The number of carbonyl (C=O) groups is 1. The van der Waals surface area contributed by atoms with Crippen molar-refractivity contribution in [3.05, 3.63) is 84.2 Å². The molecule has 0 saturated heterocycles. The van der Waals surface area contributed by atoms with Crippen molar-refractivity contribution in [2.24, 2.45) is 7.05 Å². The van der Waals surface area contributed by atoms with Crippen LogP contribution in [0.4, 0.5) is 0 Å². The number of amides is 1. The molecule has 4 aromatic rings. The number of aryl methyl sites for hydroxylation is 1. The summed E-state index contributed by atoms with van der Waals surface area (Å²) >= 11 is 0. The minimum absolute atomic E-state index is 0.161. The number of pyridine rings is 1. The molecule has 0 aliphatic carbocycles. The van der Waals surface area contributed by atoms with Gasteiger partial charge in [-0.25, -0.2) is 4.68 Å². The summed E-state index contributed by atoms with van der Waals surface area (Å²) in [4.78, 5) is 16.9. The molecule has 0 aliphatic rings. The van der Waals surface area contributed by atoms with Crippen LogP contribution in [0.1, 0.15) is 21.6 Å². The molecule has 1 amide bonds. The Hall–Kier alpha value is -3.74. The summed E-state index contributed by atoms with van der Waals surface area (Å²) in [5.41, 5.74) is 5.15. The topological polar surface area (TPSA) is 77.6 Å². The van der Waals surface area contributed by atoms with E-state index in [0.29, 0.717) is 12.1 Å². The SMILES string of the molecule is Cc1c(C(=O)NCc2cncc(-c3cnn(C)c3)c2)cnn1-c1ccccc1. The summed E-state index contributed by atoms with van der Waals surface area (Å²) in [5.74, 6) is -0.161. The Bertz CT molecular complexity index is 1110. The van der Waals surface area contributed by atoms with Gasteiger partial charge < -0.3 is 5.32 Å². The Morgan fingerprint density at radius 3 is 2.61 bits per heavy atom. The third-order valence-corrected chi connectivity index (χ3v) is 4.54. The van der Waals surface area contributed by atoms with Gasteiger partial charge in [0, 0.05) is 43.3 Å². The lowest BCUT2D eigenvalue weighted by Gasteiger charge is -2.07. The van der Waals surface area contributed by atoms with Crippen molar-refractivity contribution in [2.45, 2.75) is 13.5 Å². The molecule has 1 aromatic carbocycles. The zero-order valence-corrected chi connectivity index (χ0v) is 15.7. The molecule has 1 N–H and O–H groups in total. The lowest BCUT2D eigenvalue weighted by Crippen LogP contribution is -2.23. The molecule has 7 nitrogen and oxygen atoms in total. The van der Waals surface area contributed by atoms with Crippen molar-refractivity contribution in [1.29, 1.82) is 0 Å². The first kappa shape index (κ1) is 17.7. The lowest BCUT2D eigenvalue weighted by molar-refractivity contribution is 0.0950. The smallest absolute Gasteiger partial charge is 0.255 e. The Morgan fingerprint density at radius 1 is 1.04 bits per heavy atom. The Labute approximate surface area is 162 Å². The number of hydrogen-bond donors (Lipinski definition) is 1. The quantitative estimate of drug-likeness (QED) is 0.584. The molecule has 7 heteroatoms. The fraction of sp³-hybridized carbons (Fsp3) is 0.143. The fourth-order valence-electron chi connectivity index (χ4n) is 3.05. The van der Waals surface area contributed by atoms with E-state index in [1.807, 2.05) is 56.6 Å². The number of nitrogens with one attached hydrogen (secondary N) is 1. The molecule has 0 atom stereocenters. The number of rotatable bonds is 5. The first-order valence-corrected chi connectivity index (χ1v) is 8.93. The minimum Gasteiger partial charge on any atom is -0.348 e. The average Bonchev–Trinajstić information content (AvgIpc) is 3.33. The van der Waals surface area contributed by atoms with Crippen molar-refractivity contribution in [3.63, 3.8) is 0 Å². The van der Waals surface area contributed by atoms with Crippen LogP contribution in [-0.4, -0.2) is 30.5 Å². The second kappa shape index (κ2) is 7.48. The third kappa shape index (κ3) is 3.55. The van der Waals surface area contributed by atoms with Crippen molar-refractivity contribution >= 4 is 5.91 Å². The van der Waals surface area contributed by atoms with E-state index in [9.17, 15) is 4.79 Å². The van der Waals surface area contributed by atoms with E-state index in [0.717, 1.165) is 28.1 Å². The maximum Gasteiger partial charge on any atom is 0.255 e. The van der Waals surface area contributed by atoms with Crippen LogP contribution in [0.25, 0.3) is 16.8 Å². The van der Waals surface area contributed by atoms with Crippen LogP contribution in [0.3, 0.4) is 0 Å². The van der Waals surface area contributed by atoms with E-state index < -0.39 is 0 Å². The maximum atomic E-state index is 12.6. The van der Waals surface area contributed by atoms with Gasteiger partial charge in [-0.05, 0) is 30.7 Å². The molecule has 0 bridgehead atoms. The number of para-hydroxylation sites is 1. The molecule has 0 saturated carbocycles. The van der Waals surface area contributed by atoms with Crippen LogP contribution in [-0.2, 0) is 13.6 Å². The van der Waals surface area contributed by atoms with Crippen LogP contribution in [0.2, 0.25) is 0 Å². The van der Waals surface area contributed by atoms with Gasteiger partial charge in [-0.1, -0.05) is 18.2 Å². The minimum atomic E-state index is -0.161. The molecule has 0 fully saturated rings. The van der Waals surface area contributed by atoms with Crippen molar-refractivity contribution in [3.8, 4) is 16.8 Å². The highest BCUT2D eigenvalue weighted by Gasteiger charge is 2.15. The number of carbonyl (C=O) groups excluding carboxylic acids is 1. The highest BCUT2D eigenvalue weighted by molar-refractivity contribution is 5.95. The predicted octanol–water partition coefficient (Wildman–Crippen LogP) is 2.91. The van der Waals surface area contributed by atoms with E-state index in [4.69, 9.17) is 0 Å². The molecule has 0 radical (unpaired) electrons. The van der Waals surface area contributed by atoms with E-state index in [-0.39, 0.29) is 5.91 Å². The van der Waals surface area contributed by atoms with Gasteiger partial charge in [-0.15, -0.1) is 0 Å². The molecule has 3 aromatic heterocycles. The summed E-state index contributed by atoms with van der Waals surface area (Å²) in [5, 5.41) is 11.5. The molecule has 0 unspecified atom stereocenters. The van der Waals surface area contributed by atoms with E-state index in [1.165, 1.54) is 0 Å². The van der Waals surface area contributed by atoms with Gasteiger partial charge in [0.1, 0.15) is 0 Å². The number of nitrogens with zero attached hydrogens (tertiary/aromatic N) is 5. The lowest BCUT2D eigenvalue weighted by atomic mass is 10.1. The van der Waals surface area contributed by atoms with Gasteiger partial charge >= 0.3 is 0 Å². The normalized spacial score (nSPS) is 10.8. The van der Waals surface area contributed by atoms with Crippen molar-refractivity contribution < 1.29 is 4.79 Å². The molecule has 28 heavy (non-hydrogen) atoms. The Balaban J connectivity index is 1.47. The monoisotopic (exact) mass is 372 g/mol. The van der Waals surface area contributed by atoms with Crippen LogP contribution in [0, 0.1) is 6.92 Å². The van der Waals surface area contributed by atoms with Crippen LogP contribution in [0.5, 0.6) is 0 Å². The van der Waals surface area contributed by atoms with Gasteiger partial charge in [-0.3, -0.25) is 14.5 Å². The molecule has 4 rings (SSSR count). The van der Waals surface area contributed by atoms with Gasteiger partial charge in [0.25, 0.3) is 5.91 Å². The first-order valence-electron chi connectivity index (χ1n) is 8.93. The molecular weight excluding hydrogens is 352 g/mol. The summed E-state index contributed by atoms with van der Waals surface area (Å²) in [6, 6.07) is 11.7. The second-order valence-electron chi connectivity index (χ2n) is 6.56. The predicted molar refractivity (Wildman–Crippen MR) is 106 cm³/mol. The van der Waals surface area contributed by atoms with Gasteiger partial charge in [0.05, 0.1) is 29.3 Å². The Kier molecular flexibility index (Phi) is 4.72. The Morgan fingerprint density at radius 2 is 1.86 bits per heavy atom. The van der Waals surface area contributed by atoms with Crippen molar-refractivity contribution in [2.75, 3.05) is 0 Å². The largest absolute Gasteiger partial charge is 0.348 e. The van der Waals surface area contributed by atoms with E-state index >= 15 is 0 Å². The zero-order valence-electron chi connectivity index (χ0n) is 15.7. The second-order valence-corrected chi connectivity index (χ2v) is 6.56. The molecule has 3 heterocycles. The summed E-state index contributed by atoms with van der Waals surface area (Å²) < 4.78 is 3.51. The summed E-state index contributed by atoms with van der Waals surface area (Å²) in [6.45, 7) is 2.27. The molecule has 0 spiro atoms. The third-order valence-electron chi connectivity index (χ3n) is 4.54. The highest BCUT2D eigenvalue weighted by atomic mass is 16.1. The van der Waals surface area contributed by atoms with Crippen LogP contribution < -0.4 is 5.32 Å². The highest BCUT2D eigenvalue weighted by Crippen LogP contribution is 2.18. The first-order chi connectivity index (χ1) is 13.6. The zero-order chi connectivity index (χ0) is 19.5.